The average molecular weight is 367 g/mol. The maximum Gasteiger partial charge on any atom is 0.409 e. The van der Waals surface area contributed by atoms with Gasteiger partial charge in [-0.25, -0.2) is 9.18 Å². The van der Waals surface area contributed by atoms with E-state index in [4.69, 9.17) is 15.2 Å². The van der Waals surface area contributed by atoms with Crippen molar-refractivity contribution in [3.8, 4) is 11.5 Å². The highest BCUT2D eigenvalue weighted by atomic mass is 19.1. The van der Waals surface area contributed by atoms with Gasteiger partial charge in [-0.1, -0.05) is 57.2 Å². The second kappa shape index (κ2) is 7.27. The third kappa shape index (κ3) is 4.19. The van der Waals surface area contributed by atoms with Crippen molar-refractivity contribution in [3.05, 3.63) is 71.5 Å². The number of primary amides is 1. The maximum absolute atomic E-state index is 14.0. The van der Waals surface area contributed by atoms with E-state index in [0.717, 1.165) is 16.5 Å². The Morgan fingerprint density at radius 1 is 1.00 bits per heavy atom. The van der Waals surface area contributed by atoms with Crippen molar-refractivity contribution in [2.75, 3.05) is 0 Å². The Morgan fingerprint density at radius 2 is 1.70 bits per heavy atom. The van der Waals surface area contributed by atoms with E-state index in [-0.39, 0.29) is 11.2 Å². The van der Waals surface area contributed by atoms with Crippen LogP contribution in [-0.4, -0.2) is 6.09 Å². The second-order valence-corrected chi connectivity index (χ2v) is 7.38. The van der Waals surface area contributed by atoms with Gasteiger partial charge >= 0.3 is 6.09 Å². The van der Waals surface area contributed by atoms with Gasteiger partial charge in [0, 0.05) is 17.0 Å². The second-order valence-electron chi connectivity index (χ2n) is 7.38. The van der Waals surface area contributed by atoms with Gasteiger partial charge in [-0.15, -0.1) is 0 Å². The lowest BCUT2D eigenvalue weighted by atomic mass is 9.82. The van der Waals surface area contributed by atoms with Crippen LogP contribution >= 0.6 is 0 Å². The lowest BCUT2D eigenvalue weighted by Crippen LogP contribution is -2.21. The number of carbonyl (C=O) groups is 1. The topological polar surface area (TPSA) is 61.5 Å². The van der Waals surface area contributed by atoms with E-state index in [1.807, 2.05) is 51.1 Å². The Bertz CT molecular complexity index is 978. The molecule has 0 atom stereocenters. The molecule has 0 spiro atoms. The van der Waals surface area contributed by atoms with E-state index in [9.17, 15) is 9.18 Å². The van der Waals surface area contributed by atoms with Crippen molar-refractivity contribution in [2.45, 2.75) is 32.8 Å². The van der Waals surface area contributed by atoms with Crippen LogP contribution in [0.3, 0.4) is 0 Å². The van der Waals surface area contributed by atoms with Crippen molar-refractivity contribution < 1.29 is 18.7 Å². The van der Waals surface area contributed by atoms with Crippen molar-refractivity contribution in [1.82, 2.24) is 0 Å². The third-order valence-electron chi connectivity index (χ3n) is 4.22. The van der Waals surface area contributed by atoms with Crippen LogP contribution in [0.25, 0.3) is 10.8 Å². The van der Waals surface area contributed by atoms with Crippen LogP contribution in [-0.2, 0) is 12.0 Å². The molecule has 4 nitrogen and oxygen atoms in total. The monoisotopic (exact) mass is 367 g/mol. The summed E-state index contributed by atoms with van der Waals surface area (Å²) in [4.78, 5) is 11.4. The van der Waals surface area contributed by atoms with Gasteiger partial charge in [0.15, 0.2) is 0 Å². The van der Waals surface area contributed by atoms with Crippen LogP contribution in [0, 0.1) is 5.82 Å². The molecule has 3 rings (SSSR count). The van der Waals surface area contributed by atoms with Crippen LogP contribution in [0.1, 0.15) is 31.9 Å². The van der Waals surface area contributed by atoms with Gasteiger partial charge in [0.2, 0.25) is 0 Å². The van der Waals surface area contributed by atoms with Crippen molar-refractivity contribution in [1.29, 1.82) is 0 Å². The summed E-state index contributed by atoms with van der Waals surface area (Å²) in [5.74, 6) is 0.380. The molecular weight excluding hydrogens is 345 g/mol. The summed E-state index contributed by atoms with van der Waals surface area (Å²) in [7, 11) is 0. The van der Waals surface area contributed by atoms with Crippen LogP contribution in [0.15, 0.2) is 54.6 Å². The molecule has 1 amide bonds. The number of hydrogen-bond donors (Lipinski definition) is 1. The van der Waals surface area contributed by atoms with Crippen LogP contribution in [0.2, 0.25) is 0 Å². The van der Waals surface area contributed by atoms with E-state index < -0.39 is 6.09 Å². The molecular formula is C22H22FNO3. The molecule has 5 heteroatoms. The zero-order chi connectivity index (χ0) is 19.6. The normalized spacial score (nSPS) is 11.4. The predicted molar refractivity (Wildman–Crippen MR) is 104 cm³/mol. The van der Waals surface area contributed by atoms with Gasteiger partial charge in [0.1, 0.15) is 23.9 Å². The molecule has 0 radical (unpaired) electrons. The highest BCUT2D eigenvalue weighted by Crippen LogP contribution is 2.42. The van der Waals surface area contributed by atoms with Gasteiger partial charge in [0.05, 0.1) is 0 Å². The molecule has 0 saturated carbocycles. The van der Waals surface area contributed by atoms with Crippen LogP contribution < -0.4 is 15.2 Å². The molecule has 27 heavy (non-hydrogen) atoms. The van der Waals surface area contributed by atoms with Gasteiger partial charge < -0.3 is 15.2 Å². The quantitative estimate of drug-likeness (QED) is 0.679. The lowest BCUT2D eigenvalue weighted by Gasteiger charge is -2.25. The van der Waals surface area contributed by atoms with E-state index in [2.05, 4.69) is 0 Å². The summed E-state index contributed by atoms with van der Waals surface area (Å²) in [6.45, 7) is 6.27. The van der Waals surface area contributed by atoms with Crippen molar-refractivity contribution in [2.24, 2.45) is 5.73 Å². The molecule has 0 fully saturated rings. The first-order valence-electron chi connectivity index (χ1n) is 8.66. The fourth-order valence-electron chi connectivity index (χ4n) is 3.16. The largest absolute Gasteiger partial charge is 0.488 e. The van der Waals surface area contributed by atoms with E-state index in [1.54, 1.807) is 12.1 Å². The molecule has 0 aliphatic rings. The molecule has 2 N–H and O–H groups in total. The standard InChI is InChI=1S/C22H22FNO3/c1-22(2,3)20-16-10-9-15(23)11-17(16)18(12-19(20)27-21(24)25)26-13-14-7-5-4-6-8-14/h4-12H,13H2,1-3H3,(H2,24,25). The number of fused-ring (bicyclic) bond motifs is 1. The molecule has 0 unspecified atom stereocenters. The van der Waals surface area contributed by atoms with Crippen LogP contribution in [0.5, 0.6) is 11.5 Å². The summed E-state index contributed by atoms with van der Waals surface area (Å²) in [6, 6.07) is 15.7. The fraction of sp³-hybridized carbons (Fsp3) is 0.227. The minimum absolute atomic E-state index is 0.303. The minimum Gasteiger partial charge on any atom is -0.488 e. The fourth-order valence-corrected chi connectivity index (χ4v) is 3.16. The lowest BCUT2D eigenvalue weighted by molar-refractivity contribution is 0.209. The minimum atomic E-state index is -0.907. The molecule has 0 aliphatic heterocycles. The van der Waals surface area contributed by atoms with Gasteiger partial charge in [-0.3, -0.25) is 0 Å². The molecule has 0 aromatic heterocycles. The Labute approximate surface area is 157 Å². The SMILES string of the molecule is CC(C)(C)c1c(OC(N)=O)cc(OCc2ccccc2)c2cc(F)ccc12. The highest BCUT2D eigenvalue weighted by molar-refractivity contribution is 5.94. The van der Waals surface area contributed by atoms with E-state index in [1.165, 1.54) is 12.1 Å². The Hall–Kier alpha value is -3.08. The number of nitrogens with two attached hydrogens (primary N) is 1. The summed E-state index contributed by atoms with van der Waals surface area (Å²) in [5.41, 5.74) is 6.63. The zero-order valence-corrected chi connectivity index (χ0v) is 15.6. The number of halogens is 1. The zero-order valence-electron chi connectivity index (χ0n) is 15.6. The van der Waals surface area contributed by atoms with Gasteiger partial charge in [0.25, 0.3) is 0 Å². The van der Waals surface area contributed by atoms with Crippen LogP contribution in [0.4, 0.5) is 9.18 Å². The van der Waals surface area contributed by atoms with Crippen molar-refractivity contribution >= 4 is 16.9 Å². The first-order valence-corrected chi connectivity index (χ1v) is 8.66. The number of amides is 1. The molecule has 0 heterocycles. The summed E-state index contributed by atoms with van der Waals surface area (Å²) < 4.78 is 25.2. The van der Waals surface area contributed by atoms with Gasteiger partial charge in [-0.2, -0.15) is 0 Å². The Balaban J connectivity index is 2.17. The summed E-state index contributed by atoms with van der Waals surface area (Å²) in [5, 5.41) is 1.37. The summed E-state index contributed by atoms with van der Waals surface area (Å²) >= 11 is 0. The van der Waals surface area contributed by atoms with Crippen molar-refractivity contribution in [3.63, 3.8) is 0 Å². The van der Waals surface area contributed by atoms with Gasteiger partial charge in [-0.05, 0) is 28.5 Å². The summed E-state index contributed by atoms with van der Waals surface area (Å²) in [6.07, 6.45) is -0.907. The third-order valence-corrected chi connectivity index (χ3v) is 4.22. The van der Waals surface area contributed by atoms with E-state index in [0.29, 0.717) is 23.5 Å². The Kier molecular flexibility index (Phi) is 5.04. The molecule has 0 bridgehead atoms. The maximum atomic E-state index is 14.0. The van der Waals surface area contributed by atoms with E-state index >= 15 is 0 Å². The Morgan fingerprint density at radius 3 is 2.33 bits per heavy atom. The number of benzene rings is 3. The predicted octanol–water partition coefficient (Wildman–Crippen LogP) is 5.31. The highest BCUT2D eigenvalue weighted by Gasteiger charge is 2.25. The number of rotatable bonds is 4. The number of carbonyl (C=O) groups excluding carboxylic acids is 1. The molecule has 140 valence electrons. The smallest absolute Gasteiger partial charge is 0.409 e. The number of hydrogen-bond acceptors (Lipinski definition) is 3. The molecule has 3 aromatic carbocycles. The number of ether oxygens (including phenoxy) is 2. The molecule has 0 aliphatic carbocycles. The molecule has 3 aromatic rings. The molecule has 0 saturated heterocycles. The first-order chi connectivity index (χ1) is 12.8. The first kappa shape index (κ1) is 18.7. The average Bonchev–Trinajstić information content (AvgIpc) is 2.59.